The quantitative estimate of drug-likeness (QED) is 0.509. The van der Waals surface area contributed by atoms with Crippen LogP contribution in [-0.2, 0) is 0 Å². The molecule has 0 unspecified atom stereocenters. The monoisotopic (exact) mass is 165 g/mol. The lowest BCUT2D eigenvalue weighted by Crippen LogP contribution is -2.42. The average molecular weight is 165 g/mol. The van der Waals surface area contributed by atoms with Crippen molar-refractivity contribution in [1.82, 2.24) is 0 Å². The highest BCUT2D eigenvalue weighted by Crippen LogP contribution is 2.59. The molecule has 0 aromatic heterocycles. The summed E-state index contributed by atoms with van der Waals surface area (Å²) < 4.78 is 0. The van der Waals surface area contributed by atoms with Crippen LogP contribution in [0.3, 0.4) is 0 Å². The minimum atomic E-state index is 0.541. The van der Waals surface area contributed by atoms with E-state index in [2.05, 4.69) is 20.8 Å². The summed E-state index contributed by atoms with van der Waals surface area (Å²) in [6.45, 7) is 7.30. The molecule has 0 N–H and O–H groups in total. The second-order valence-corrected chi connectivity index (χ2v) is 5.78. The van der Waals surface area contributed by atoms with Gasteiger partial charge in [0.2, 0.25) is 0 Å². The fourth-order valence-electron chi connectivity index (χ4n) is 3.12. The van der Waals surface area contributed by atoms with Gasteiger partial charge in [-0.2, -0.15) is 0 Å². The second kappa shape index (κ2) is 2.49. The summed E-state index contributed by atoms with van der Waals surface area (Å²) in [6.07, 6.45) is 8.76. The Hall–Kier alpha value is 0. The number of hydrogen-bond acceptors (Lipinski definition) is 0. The van der Waals surface area contributed by atoms with Crippen LogP contribution in [0.1, 0.15) is 59.3 Å². The van der Waals surface area contributed by atoms with Gasteiger partial charge in [0.15, 0.2) is 0 Å². The summed E-state index contributed by atoms with van der Waals surface area (Å²) in [5, 5.41) is 0. The van der Waals surface area contributed by atoms with E-state index in [1.807, 2.05) is 5.92 Å². The van der Waals surface area contributed by atoms with Crippen molar-refractivity contribution in [3.8, 4) is 0 Å². The predicted octanol–water partition coefficient (Wildman–Crippen LogP) is 3.96. The van der Waals surface area contributed by atoms with E-state index in [4.69, 9.17) is 0 Å². The van der Waals surface area contributed by atoms with Crippen molar-refractivity contribution in [3.05, 3.63) is 5.92 Å². The first-order valence-electron chi connectivity index (χ1n) is 5.37. The first kappa shape index (κ1) is 8.59. The van der Waals surface area contributed by atoms with Gasteiger partial charge in [-0.3, -0.25) is 0 Å². The van der Waals surface area contributed by atoms with Gasteiger partial charge < -0.3 is 0 Å². The molecule has 0 saturated heterocycles. The van der Waals surface area contributed by atoms with Crippen LogP contribution in [0.2, 0.25) is 0 Å². The van der Waals surface area contributed by atoms with Gasteiger partial charge in [-0.15, -0.1) is 0 Å². The Balaban J connectivity index is 2.19. The third kappa shape index (κ3) is 1.11. The Kier molecular flexibility index (Phi) is 1.79. The molecule has 0 heteroatoms. The Bertz CT molecular complexity index is 151. The summed E-state index contributed by atoms with van der Waals surface area (Å²) in [4.78, 5) is 0. The minimum Gasteiger partial charge on any atom is -0.0596 e. The number of hydrogen-bond donors (Lipinski definition) is 0. The highest BCUT2D eigenvalue weighted by Gasteiger charge is 2.47. The first-order valence-corrected chi connectivity index (χ1v) is 5.37. The van der Waals surface area contributed by atoms with Crippen molar-refractivity contribution >= 4 is 0 Å². The molecule has 0 amide bonds. The Morgan fingerprint density at radius 3 is 1.58 bits per heavy atom. The predicted molar refractivity (Wildman–Crippen MR) is 52.8 cm³/mol. The zero-order valence-electron chi connectivity index (χ0n) is 8.74. The van der Waals surface area contributed by atoms with E-state index >= 15 is 0 Å². The van der Waals surface area contributed by atoms with E-state index in [0.717, 1.165) is 0 Å². The van der Waals surface area contributed by atoms with Gasteiger partial charge in [0.25, 0.3) is 0 Å². The second-order valence-electron chi connectivity index (χ2n) is 5.78. The summed E-state index contributed by atoms with van der Waals surface area (Å²) in [7, 11) is 0. The van der Waals surface area contributed by atoms with Gasteiger partial charge in [0.05, 0.1) is 0 Å². The summed E-state index contributed by atoms with van der Waals surface area (Å²) in [5.74, 6) is 1.86. The number of rotatable bonds is 0. The molecule has 0 heterocycles. The number of fused-ring (bicyclic) bond motifs is 3. The molecule has 0 nitrogen and oxygen atoms in total. The summed E-state index contributed by atoms with van der Waals surface area (Å²) >= 11 is 0. The molecule has 0 aromatic rings. The molecule has 3 saturated carbocycles. The van der Waals surface area contributed by atoms with Crippen LogP contribution in [-0.4, -0.2) is 0 Å². The zero-order chi connectivity index (χ0) is 8.82. The minimum absolute atomic E-state index is 0.541. The molecule has 0 aromatic carbocycles. The molecule has 3 rings (SSSR count). The smallest absolute Gasteiger partial charge is 0.0240 e. The molecule has 2 bridgehead atoms. The molecule has 0 spiro atoms. The maximum atomic E-state index is 2.43. The zero-order valence-corrected chi connectivity index (χ0v) is 8.74. The third-order valence-electron chi connectivity index (χ3n) is 4.46. The Morgan fingerprint density at radius 2 is 1.33 bits per heavy atom. The molecule has 3 aliphatic rings. The lowest BCUT2D eigenvalue weighted by molar-refractivity contribution is 0.00698. The standard InChI is InChI=1S/C12H21/c1-11(2,3)12-7-4-10(5-8-12)6-9-12/h4-9H2,1-3H3. The molecule has 3 fully saturated rings. The normalized spacial score (nSPS) is 29.2. The van der Waals surface area contributed by atoms with Gasteiger partial charge in [-0.05, 0) is 55.3 Å². The third-order valence-corrected chi connectivity index (χ3v) is 4.46. The molecular weight excluding hydrogens is 144 g/mol. The van der Waals surface area contributed by atoms with Gasteiger partial charge in [-0.25, -0.2) is 0 Å². The van der Waals surface area contributed by atoms with Gasteiger partial charge >= 0.3 is 0 Å². The molecule has 69 valence electrons. The maximum Gasteiger partial charge on any atom is -0.0240 e. The molecule has 1 radical (unpaired) electrons. The van der Waals surface area contributed by atoms with Crippen LogP contribution in [0, 0.1) is 16.7 Å². The molecule has 0 atom stereocenters. The topological polar surface area (TPSA) is 0 Å². The fourth-order valence-corrected chi connectivity index (χ4v) is 3.12. The lowest BCUT2D eigenvalue weighted by Gasteiger charge is -2.54. The van der Waals surface area contributed by atoms with E-state index in [-0.39, 0.29) is 0 Å². The average Bonchev–Trinajstić information content (AvgIpc) is 2.06. The molecular formula is C12H21. The lowest BCUT2D eigenvalue weighted by atomic mass is 9.51. The van der Waals surface area contributed by atoms with Crippen LogP contribution in [0.5, 0.6) is 0 Å². The largest absolute Gasteiger partial charge is 0.0596 e. The summed E-state index contributed by atoms with van der Waals surface area (Å²) in [5.41, 5.74) is 1.24. The van der Waals surface area contributed by atoms with E-state index in [1.54, 1.807) is 0 Å². The van der Waals surface area contributed by atoms with Crippen LogP contribution >= 0.6 is 0 Å². The van der Waals surface area contributed by atoms with Crippen LogP contribution in [0.4, 0.5) is 0 Å². The van der Waals surface area contributed by atoms with E-state index in [0.29, 0.717) is 10.8 Å². The Morgan fingerprint density at radius 1 is 0.917 bits per heavy atom. The van der Waals surface area contributed by atoms with Crippen molar-refractivity contribution in [3.63, 3.8) is 0 Å². The molecule has 3 aliphatic carbocycles. The van der Waals surface area contributed by atoms with Crippen LogP contribution in [0.25, 0.3) is 0 Å². The first-order chi connectivity index (χ1) is 5.54. The van der Waals surface area contributed by atoms with Gasteiger partial charge in [0.1, 0.15) is 0 Å². The van der Waals surface area contributed by atoms with Crippen molar-refractivity contribution in [1.29, 1.82) is 0 Å². The molecule has 0 aliphatic heterocycles. The van der Waals surface area contributed by atoms with E-state index < -0.39 is 0 Å². The van der Waals surface area contributed by atoms with E-state index in [9.17, 15) is 0 Å². The molecule has 12 heavy (non-hydrogen) atoms. The Labute approximate surface area is 76.7 Å². The SMILES string of the molecule is CC(C)(C)C12CC[C](CC1)CC2. The van der Waals surface area contributed by atoms with Crippen molar-refractivity contribution < 1.29 is 0 Å². The van der Waals surface area contributed by atoms with Crippen molar-refractivity contribution in [2.75, 3.05) is 0 Å². The fraction of sp³-hybridized carbons (Fsp3) is 0.917. The van der Waals surface area contributed by atoms with E-state index in [1.165, 1.54) is 38.5 Å². The highest BCUT2D eigenvalue weighted by molar-refractivity contribution is 5.09. The van der Waals surface area contributed by atoms with Crippen LogP contribution in [0.15, 0.2) is 0 Å². The van der Waals surface area contributed by atoms with Gasteiger partial charge in [-0.1, -0.05) is 20.8 Å². The van der Waals surface area contributed by atoms with Crippen molar-refractivity contribution in [2.45, 2.75) is 59.3 Å². The summed E-state index contributed by atoms with van der Waals surface area (Å²) in [6, 6.07) is 0. The van der Waals surface area contributed by atoms with Crippen LogP contribution < -0.4 is 0 Å². The maximum absolute atomic E-state index is 2.43. The highest BCUT2D eigenvalue weighted by atomic mass is 14.5. The van der Waals surface area contributed by atoms with Crippen molar-refractivity contribution in [2.24, 2.45) is 10.8 Å². The van der Waals surface area contributed by atoms with Gasteiger partial charge in [0, 0.05) is 0 Å².